The number of rotatable bonds is 6. The molecule has 1 rings (SSSR count). The molecule has 5 nitrogen and oxygen atoms in total. The van der Waals surface area contributed by atoms with Crippen molar-refractivity contribution in [2.45, 2.75) is 51.2 Å². The highest BCUT2D eigenvalue weighted by molar-refractivity contribution is 5.88. The number of ether oxygens (including phenoxy) is 1. The van der Waals surface area contributed by atoms with E-state index >= 15 is 0 Å². The lowest BCUT2D eigenvalue weighted by molar-refractivity contribution is -0.133. The highest BCUT2D eigenvalue weighted by atomic mass is 16.5. The fourth-order valence-corrected chi connectivity index (χ4v) is 1.74. The molecule has 0 aromatic heterocycles. The van der Waals surface area contributed by atoms with Gasteiger partial charge in [0.05, 0.1) is 0 Å². The fraction of sp³-hybridized carbons (Fsp3) is 0.818. The number of carbonyl (C=O) groups excluding carboxylic acids is 2. The Hall–Kier alpha value is -1.10. The van der Waals surface area contributed by atoms with Crippen LogP contribution in [-0.4, -0.2) is 30.6 Å². The van der Waals surface area contributed by atoms with Crippen molar-refractivity contribution in [2.75, 3.05) is 6.61 Å². The summed E-state index contributed by atoms with van der Waals surface area (Å²) in [6.45, 7) is 2.65. The topological polar surface area (TPSA) is 81.4 Å². The largest absolute Gasteiger partial charge is 0.368 e. The molecule has 0 bridgehead atoms. The van der Waals surface area contributed by atoms with Crippen molar-refractivity contribution in [3.8, 4) is 0 Å². The number of hydrogen-bond donors (Lipinski definition) is 2. The highest BCUT2D eigenvalue weighted by Crippen LogP contribution is 2.12. The summed E-state index contributed by atoms with van der Waals surface area (Å²) in [4.78, 5) is 22.8. The van der Waals surface area contributed by atoms with Crippen molar-refractivity contribution in [3.63, 3.8) is 0 Å². The van der Waals surface area contributed by atoms with Gasteiger partial charge in [0.15, 0.2) is 0 Å². The molecule has 3 N–H and O–H groups in total. The fourth-order valence-electron chi connectivity index (χ4n) is 1.74. The van der Waals surface area contributed by atoms with Gasteiger partial charge >= 0.3 is 0 Å². The van der Waals surface area contributed by atoms with E-state index in [1.807, 2.05) is 6.92 Å². The molecule has 0 saturated carbocycles. The summed E-state index contributed by atoms with van der Waals surface area (Å²) in [5.74, 6) is -0.683. The van der Waals surface area contributed by atoms with Crippen molar-refractivity contribution in [2.24, 2.45) is 5.73 Å². The maximum atomic E-state index is 11.7. The van der Waals surface area contributed by atoms with Gasteiger partial charge in [-0.3, -0.25) is 9.59 Å². The van der Waals surface area contributed by atoms with Crippen LogP contribution in [0.2, 0.25) is 0 Å². The van der Waals surface area contributed by atoms with E-state index in [1.165, 1.54) is 0 Å². The Morgan fingerprint density at radius 3 is 2.81 bits per heavy atom. The van der Waals surface area contributed by atoms with Crippen molar-refractivity contribution in [1.29, 1.82) is 0 Å². The molecule has 1 aliphatic rings. The Kier molecular flexibility index (Phi) is 5.25. The van der Waals surface area contributed by atoms with E-state index in [-0.39, 0.29) is 5.91 Å². The van der Waals surface area contributed by atoms with Crippen molar-refractivity contribution in [1.82, 2.24) is 5.32 Å². The third kappa shape index (κ3) is 3.81. The minimum atomic E-state index is -0.559. The molecule has 2 atom stereocenters. The maximum absolute atomic E-state index is 11.7. The summed E-state index contributed by atoms with van der Waals surface area (Å²) in [6, 6.07) is -0.559. The van der Waals surface area contributed by atoms with Gasteiger partial charge < -0.3 is 15.8 Å². The van der Waals surface area contributed by atoms with E-state index in [0.717, 1.165) is 25.7 Å². The lowest BCUT2D eigenvalue weighted by Crippen LogP contribution is -2.47. The molecule has 0 spiro atoms. The zero-order valence-electron chi connectivity index (χ0n) is 9.70. The first-order chi connectivity index (χ1) is 7.65. The Morgan fingerprint density at radius 1 is 1.56 bits per heavy atom. The van der Waals surface area contributed by atoms with Crippen molar-refractivity contribution < 1.29 is 14.3 Å². The number of nitrogens with one attached hydrogen (secondary N) is 1. The van der Waals surface area contributed by atoms with Gasteiger partial charge in [0.1, 0.15) is 12.1 Å². The predicted molar refractivity (Wildman–Crippen MR) is 59.6 cm³/mol. The van der Waals surface area contributed by atoms with Gasteiger partial charge in [-0.25, -0.2) is 0 Å². The van der Waals surface area contributed by atoms with Gasteiger partial charge in [0, 0.05) is 6.61 Å². The summed E-state index contributed by atoms with van der Waals surface area (Å²) >= 11 is 0. The molecule has 1 heterocycles. The summed E-state index contributed by atoms with van der Waals surface area (Å²) < 4.78 is 5.24. The van der Waals surface area contributed by atoms with E-state index in [1.54, 1.807) is 0 Å². The zero-order valence-corrected chi connectivity index (χ0v) is 9.70. The van der Waals surface area contributed by atoms with E-state index in [0.29, 0.717) is 13.0 Å². The molecule has 0 aromatic rings. The molecule has 1 saturated heterocycles. The summed E-state index contributed by atoms with van der Waals surface area (Å²) in [7, 11) is 0. The summed E-state index contributed by atoms with van der Waals surface area (Å²) in [6.07, 6.45) is 3.67. The van der Waals surface area contributed by atoms with Gasteiger partial charge in [-0.15, -0.1) is 0 Å². The lowest BCUT2D eigenvalue weighted by atomic mass is 10.1. The molecule has 0 radical (unpaired) electrons. The number of carbonyl (C=O) groups is 2. The number of unbranched alkanes of at least 4 members (excludes halogenated alkanes) is 1. The number of hydrogen-bond acceptors (Lipinski definition) is 3. The minimum absolute atomic E-state index is 0.211. The van der Waals surface area contributed by atoms with Gasteiger partial charge in [-0.2, -0.15) is 0 Å². The van der Waals surface area contributed by atoms with Crippen LogP contribution < -0.4 is 11.1 Å². The molecule has 92 valence electrons. The Morgan fingerprint density at radius 2 is 2.31 bits per heavy atom. The van der Waals surface area contributed by atoms with Gasteiger partial charge in [0.2, 0.25) is 11.8 Å². The van der Waals surface area contributed by atoms with Crippen LogP contribution in [0.4, 0.5) is 0 Å². The molecule has 1 aliphatic heterocycles. The molecule has 16 heavy (non-hydrogen) atoms. The van der Waals surface area contributed by atoms with Gasteiger partial charge in [-0.05, 0) is 19.3 Å². The number of nitrogens with two attached hydrogens (primary N) is 1. The standard InChI is InChI=1S/C11H20N2O3/c1-2-3-5-8(10(12)14)13-11(15)9-6-4-7-16-9/h8-9H,2-7H2,1H3,(H2,12,14)(H,13,15)/t8-,9-/m1/s1. The second-order valence-corrected chi connectivity index (χ2v) is 4.11. The van der Waals surface area contributed by atoms with Crippen molar-refractivity contribution in [3.05, 3.63) is 0 Å². The van der Waals surface area contributed by atoms with Crippen LogP contribution in [0.3, 0.4) is 0 Å². The van der Waals surface area contributed by atoms with E-state index in [2.05, 4.69) is 5.32 Å². The third-order valence-electron chi connectivity index (χ3n) is 2.73. The Bertz CT molecular complexity index is 250. The van der Waals surface area contributed by atoms with Crippen LogP contribution in [0.25, 0.3) is 0 Å². The number of amides is 2. The molecule has 2 amide bonds. The quantitative estimate of drug-likeness (QED) is 0.687. The minimum Gasteiger partial charge on any atom is -0.368 e. The first-order valence-electron chi connectivity index (χ1n) is 5.86. The van der Waals surface area contributed by atoms with Gasteiger partial charge in [-0.1, -0.05) is 19.8 Å². The van der Waals surface area contributed by atoms with E-state index < -0.39 is 18.1 Å². The SMILES string of the molecule is CCCC[C@@H](NC(=O)[C@H]1CCCO1)C(N)=O. The first kappa shape index (κ1) is 13.0. The van der Waals surface area contributed by atoms with Crippen LogP contribution in [0.1, 0.15) is 39.0 Å². The Balaban J connectivity index is 2.40. The van der Waals surface area contributed by atoms with Gasteiger partial charge in [0.25, 0.3) is 0 Å². The van der Waals surface area contributed by atoms with Crippen LogP contribution >= 0.6 is 0 Å². The molecular weight excluding hydrogens is 208 g/mol. The van der Waals surface area contributed by atoms with Crippen LogP contribution in [0, 0.1) is 0 Å². The van der Waals surface area contributed by atoms with Crippen LogP contribution in [-0.2, 0) is 14.3 Å². The predicted octanol–water partition coefficient (Wildman–Crippen LogP) is 0.326. The molecule has 5 heteroatoms. The monoisotopic (exact) mass is 228 g/mol. The van der Waals surface area contributed by atoms with Crippen molar-refractivity contribution >= 4 is 11.8 Å². The molecular formula is C11H20N2O3. The summed E-state index contributed by atoms with van der Waals surface area (Å²) in [5, 5.41) is 2.65. The summed E-state index contributed by atoms with van der Waals surface area (Å²) in [5.41, 5.74) is 5.23. The average Bonchev–Trinajstić information content (AvgIpc) is 2.76. The zero-order chi connectivity index (χ0) is 12.0. The second kappa shape index (κ2) is 6.48. The average molecular weight is 228 g/mol. The second-order valence-electron chi connectivity index (χ2n) is 4.11. The molecule has 1 fully saturated rings. The van der Waals surface area contributed by atoms with Crippen LogP contribution in [0.5, 0.6) is 0 Å². The molecule has 0 unspecified atom stereocenters. The highest BCUT2D eigenvalue weighted by Gasteiger charge is 2.26. The van der Waals surface area contributed by atoms with Crippen LogP contribution in [0.15, 0.2) is 0 Å². The first-order valence-corrected chi connectivity index (χ1v) is 5.86. The molecule has 0 aromatic carbocycles. The van der Waals surface area contributed by atoms with E-state index in [4.69, 9.17) is 10.5 Å². The smallest absolute Gasteiger partial charge is 0.249 e. The third-order valence-corrected chi connectivity index (χ3v) is 2.73. The van der Waals surface area contributed by atoms with E-state index in [9.17, 15) is 9.59 Å². The lowest BCUT2D eigenvalue weighted by Gasteiger charge is -2.17. The Labute approximate surface area is 95.7 Å². The normalized spacial score (nSPS) is 21.7. The maximum Gasteiger partial charge on any atom is 0.249 e. The molecule has 0 aliphatic carbocycles. The number of primary amides is 1.